The van der Waals surface area contributed by atoms with E-state index in [2.05, 4.69) is 22.5 Å². The Labute approximate surface area is 148 Å². The molecule has 2 aliphatic rings. The summed E-state index contributed by atoms with van der Waals surface area (Å²) in [6.07, 6.45) is 13.3. The number of benzene rings is 1. The Hall–Kier alpha value is -2.18. The number of hydrogen-bond acceptors (Lipinski definition) is 5. The van der Waals surface area contributed by atoms with Gasteiger partial charge in [-0.15, -0.1) is 0 Å². The molecule has 6 nitrogen and oxygen atoms in total. The van der Waals surface area contributed by atoms with E-state index < -0.39 is 0 Å². The van der Waals surface area contributed by atoms with Gasteiger partial charge in [0.1, 0.15) is 6.23 Å². The quantitative estimate of drug-likeness (QED) is 0.503. The van der Waals surface area contributed by atoms with Crippen molar-refractivity contribution in [3.8, 4) is 0 Å². The standard InChI is InChI=1S/C19H25N3O3/c23-22(24)17-10-8-16(9-11-17)18-15-20-19(25-18)7-3-6-14-21-12-4-1-2-5-13-21/h3,6-11,14,18-20H,1-2,4-5,12-13,15H2/b7-3-,14-6+. The van der Waals surface area contributed by atoms with E-state index in [0.717, 1.165) is 18.7 Å². The van der Waals surface area contributed by atoms with Crippen LogP contribution in [0.15, 0.2) is 48.7 Å². The second-order valence-electron chi connectivity index (χ2n) is 6.48. The van der Waals surface area contributed by atoms with Crippen molar-refractivity contribution >= 4 is 5.69 Å². The van der Waals surface area contributed by atoms with E-state index in [1.165, 1.54) is 37.8 Å². The van der Waals surface area contributed by atoms with Crippen LogP contribution in [0.4, 0.5) is 5.69 Å². The van der Waals surface area contributed by atoms with Gasteiger partial charge in [-0.3, -0.25) is 15.4 Å². The third-order valence-electron chi connectivity index (χ3n) is 4.63. The maximum atomic E-state index is 10.7. The Morgan fingerprint density at radius 3 is 2.52 bits per heavy atom. The summed E-state index contributed by atoms with van der Waals surface area (Å²) >= 11 is 0. The van der Waals surface area contributed by atoms with Crippen LogP contribution in [0.3, 0.4) is 0 Å². The maximum Gasteiger partial charge on any atom is 0.269 e. The first-order valence-electron chi connectivity index (χ1n) is 8.94. The molecule has 0 radical (unpaired) electrons. The molecule has 2 unspecified atom stereocenters. The number of nitrogens with zero attached hydrogens (tertiary/aromatic N) is 2. The minimum Gasteiger partial charge on any atom is -0.377 e. The van der Waals surface area contributed by atoms with Crippen molar-refractivity contribution in [3.05, 3.63) is 64.4 Å². The number of non-ortho nitro benzene ring substituents is 1. The van der Waals surface area contributed by atoms with Crippen LogP contribution < -0.4 is 5.32 Å². The fraction of sp³-hybridized carbons (Fsp3) is 0.474. The summed E-state index contributed by atoms with van der Waals surface area (Å²) in [5.41, 5.74) is 1.05. The minimum atomic E-state index is -0.389. The molecular formula is C19H25N3O3. The summed E-state index contributed by atoms with van der Waals surface area (Å²) in [6, 6.07) is 6.56. The molecule has 0 aromatic heterocycles. The summed E-state index contributed by atoms with van der Waals surface area (Å²) < 4.78 is 5.94. The van der Waals surface area contributed by atoms with Crippen molar-refractivity contribution in [2.24, 2.45) is 0 Å². The Balaban J connectivity index is 1.48. The second kappa shape index (κ2) is 8.78. The summed E-state index contributed by atoms with van der Waals surface area (Å²) in [4.78, 5) is 12.7. The van der Waals surface area contributed by atoms with Crippen LogP contribution in [-0.4, -0.2) is 35.7 Å². The van der Waals surface area contributed by atoms with Gasteiger partial charge in [-0.25, -0.2) is 0 Å². The van der Waals surface area contributed by atoms with Gasteiger partial charge in [0.2, 0.25) is 0 Å². The van der Waals surface area contributed by atoms with Crippen molar-refractivity contribution in [2.75, 3.05) is 19.6 Å². The van der Waals surface area contributed by atoms with Crippen molar-refractivity contribution in [3.63, 3.8) is 0 Å². The van der Waals surface area contributed by atoms with Crippen LogP contribution in [-0.2, 0) is 4.74 Å². The largest absolute Gasteiger partial charge is 0.377 e. The fourth-order valence-electron chi connectivity index (χ4n) is 3.20. The Kier molecular flexibility index (Phi) is 6.19. The summed E-state index contributed by atoms with van der Waals surface area (Å²) in [5.74, 6) is 0. The highest BCUT2D eigenvalue weighted by Gasteiger charge is 2.24. The Morgan fingerprint density at radius 1 is 1.12 bits per heavy atom. The van der Waals surface area contributed by atoms with E-state index >= 15 is 0 Å². The number of hydrogen-bond donors (Lipinski definition) is 1. The molecule has 2 saturated heterocycles. The topological polar surface area (TPSA) is 67.6 Å². The highest BCUT2D eigenvalue weighted by atomic mass is 16.6. The van der Waals surface area contributed by atoms with Crippen molar-refractivity contribution in [1.82, 2.24) is 10.2 Å². The number of nitrogens with one attached hydrogen (secondary N) is 1. The number of ether oxygens (including phenoxy) is 1. The lowest BCUT2D eigenvalue weighted by molar-refractivity contribution is -0.384. The lowest BCUT2D eigenvalue weighted by Gasteiger charge is -2.16. The number of rotatable bonds is 5. The highest BCUT2D eigenvalue weighted by molar-refractivity contribution is 5.34. The molecular weight excluding hydrogens is 318 g/mol. The van der Waals surface area contributed by atoms with Crippen molar-refractivity contribution < 1.29 is 9.66 Å². The van der Waals surface area contributed by atoms with E-state index in [9.17, 15) is 10.1 Å². The molecule has 25 heavy (non-hydrogen) atoms. The molecule has 0 aliphatic carbocycles. The van der Waals surface area contributed by atoms with Gasteiger partial charge in [0, 0.05) is 31.8 Å². The normalized spacial score (nSPS) is 24.9. The number of nitro benzene ring substituents is 1. The van der Waals surface area contributed by atoms with Crippen LogP contribution in [0.25, 0.3) is 0 Å². The molecule has 6 heteroatoms. The number of allylic oxidation sites excluding steroid dienone is 2. The first-order chi connectivity index (χ1) is 12.2. The van der Waals surface area contributed by atoms with Gasteiger partial charge < -0.3 is 9.64 Å². The van der Waals surface area contributed by atoms with Crippen LogP contribution in [0.2, 0.25) is 0 Å². The predicted octanol–water partition coefficient (Wildman–Crippen LogP) is 3.53. The third-order valence-corrected chi connectivity index (χ3v) is 4.63. The van der Waals surface area contributed by atoms with Crippen LogP contribution >= 0.6 is 0 Å². The first-order valence-corrected chi connectivity index (χ1v) is 8.94. The van der Waals surface area contributed by atoms with Gasteiger partial charge in [0.05, 0.1) is 11.0 Å². The molecule has 1 aromatic carbocycles. The summed E-state index contributed by atoms with van der Waals surface area (Å²) in [7, 11) is 0. The third kappa shape index (κ3) is 5.14. The van der Waals surface area contributed by atoms with Crippen molar-refractivity contribution in [2.45, 2.75) is 38.0 Å². The molecule has 1 aromatic rings. The highest BCUT2D eigenvalue weighted by Crippen LogP contribution is 2.25. The lowest BCUT2D eigenvalue weighted by atomic mass is 10.1. The van der Waals surface area contributed by atoms with E-state index in [-0.39, 0.29) is 22.9 Å². The molecule has 0 spiro atoms. The van der Waals surface area contributed by atoms with Crippen molar-refractivity contribution in [1.29, 1.82) is 0 Å². The van der Waals surface area contributed by atoms with Gasteiger partial charge in [-0.2, -0.15) is 0 Å². The SMILES string of the molecule is O=[N+]([O-])c1ccc(C2CNC(/C=C\C=C\N3CCCCCC3)O2)cc1. The zero-order chi connectivity index (χ0) is 17.5. The molecule has 1 N–H and O–H groups in total. The molecule has 134 valence electrons. The molecule has 2 heterocycles. The molecule has 3 rings (SSSR count). The average molecular weight is 343 g/mol. The van der Waals surface area contributed by atoms with E-state index in [4.69, 9.17) is 4.74 Å². The molecule has 0 amide bonds. The smallest absolute Gasteiger partial charge is 0.269 e. The summed E-state index contributed by atoms with van der Waals surface area (Å²) in [5, 5.41) is 14.0. The fourth-order valence-corrected chi connectivity index (χ4v) is 3.20. The molecule has 2 fully saturated rings. The number of likely N-dealkylation sites (tertiary alicyclic amines) is 1. The number of nitro groups is 1. The maximum absolute atomic E-state index is 10.7. The Bertz CT molecular complexity index is 619. The average Bonchev–Trinajstić information content (AvgIpc) is 2.94. The van der Waals surface area contributed by atoms with Gasteiger partial charge in [-0.1, -0.05) is 18.9 Å². The molecule has 2 aliphatic heterocycles. The van der Waals surface area contributed by atoms with Crippen LogP contribution in [0.1, 0.15) is 37.4 Å². The zero-order valence-corrected chi connectivity index (χ0v) is 14.3. The minimum absolute atomic E-state index is 0.0787. The zero-order valence-electron chi connectivity index (χ0n) is 14.3. The predicted molar refractivity (Wildman–Crippen MR) is 97.0 cm³/mol. The van der Waals surface area contributed by atoms with E-state index in [0.29, 0.717) is 6.54 Å². The lowest BCUT2D eigenvalue weighted by Crippen LogP contribution is -2.19. The van der Waals surface area contributed by atoms with Crippen LogP contribution in [0, 0.1) is 10.1 Å². The monoisotopic (exact) mass is 343 g/mol. The van der Waals surface area contributed by atoms with Crippen LogP contribution in [0.5, 0.6) is 0 Å². The van der Waals surface area contributed by atoms with E-state index in [1.54, 1.807) is 12.1 Å². The van der Waals surface area contributed by atoms with Gasteiger partial charge in [0.25, 0.3) is 5.69 Å². The molecule has 0 saturated carbocycles. The molecule has 0 bridgehead atoms. The van der Waals surface area contributed by atoms with Gasteiger partial charge in [0.15, 0.2) is 0 Å². The second-order valence-corrected chi connectivity index (χ2v) is 6.48. The van der Waals surface area contributed by atoms with Gasteiger partial charge >= 0.3 is 0 Å². The van der Waals surface area contributed by atoms with Gasteiger partial charge in [-0.05, 0) is 48.9 Å². The molecule has 2 atom stereocenters. The summed E-state index contributed by atoms with van der Waals surface area (Å²) in [6.45, 7) is 2.98. The first kappa shape index (κ1) is 17.6. The van der Waals surface area contributed by atoms with E-state index in [1.807, 2.05) is 12.2 Å². The Morgan fingerprint density at radius 2 is 1.84 bits per heavy atom.